The van der Waals surface area contributed by atoms with Crippen LogP contribution in [-0.4, -0.2) is 37.4 Å². The number of ether oxygens (including phenoxy) is 2. The smallest absolute Gasteiger partial charge is 0.432 e. The van der Waals surface area contributed by atoms with Crippen molar-refractivity contribution in [3.8, 4) is 5.75 Å². The molecule has 1 atom stereocenters. The van der Waals surface area contributed by atoms with E-state index < -0.39 is 29.2 Å². The molecule has 6 nitrogen and oxygen atoms in total. The van der Waals surface area contributed by atoms with Crippen LogP contribution < -0.4 is 10.1 Å². The fourth-order valence-corrected chi connectivity index (χ4v) is 2.69. The van der Waals surface area contributed by atoms with Crippen molar-refractivity contribution in [2.45, 2.75) is 11.8 Å². The molecular formula is C18H14Cl2F3NO5. The van der Waals surface area contributed by atoms with Crippen LogP contribution in [0.1, 0.15) is 15.9 Å². The third kappa shape index (κ3) is 4.42. The van der Waals surface area contributed by atoms with Gasteiger partial charge in [0.1, 0.15) is 5.75 Å². The number of nitrogens with one attached hydrogen (secondary N) is 1. The first-order chi connectivity index (χ1) is 13.4. The van der Waals surface area contributed by atoms with Crippen molar-refractivity contribution in [2.24, 2.45) is 0 Å². The Morgan fingerprint density at radius 3 is 2.21 bits per heavy atom. The lowest BCUT2D eigenvalue weighted by molar-refractivity contribution is -0.266. The van der Waals surface area contributed by atoms with Gasteiger partial charge < -0.3 is 19.9 Å². The second-order valence-electron chi connectivity index (χ2n) is 5.70. The average Bonchev–Trinajstić information content (AvgIpc) is 2.67. The Morgan fingerprint density at radius 1 is 1.03 bits per heavy atom. The maximum Gasteiger partial charge on any atom is 0.432 e. The first kappa shape index (κ1) is 22.8. The molecule has 2 aromatic rings. The van der Waals surface area contributed by atoms with E-state index in [-0.39, 0.29) is 27.0 Å². The summed E-state index contributed by atoms with van der Waals surface area (Å²) >= 11 is 11.7. The summed E-state index contributed by atoms with van der Waals surface area (Å²) in [4.78, 5) is 24.0. The lowest BCUT2D eigenvalue weighted by Gasteiger charge is -2.28. The third-order valence-corrected chi connectivity index (χ3v) is 4.68. The molecule has 0 heterocycles. The van der Waals surface area contributed by atoms with Gasteiger partial charge in [0.25, 0.3) is 11.5 Å². The minimum absolute atomic E-state index is 0.0123. The number of amides is 1. The van der Waals surface area contributed by atoms with Gasteiger partial charge in [-0.05, 0) is 30.3 Å². The second kappa shape index (κ2) is 8.48. The zero-order chi connectivity index (χ0) is 22.0. The van der Waals surface area contributed by atoms with E-state index in [2.05, 4.69) is 10.1 Å². The van der Waals surface area contributed by atoms with E-state index in [1.54, 1.807) is 0 Å². The van der Waals surface area contributed by atoms with E-state index in [4.69, 9.17) is 27.9 Å². The second-order valence-corrected chi connectivity index (χ2v) is 6.51. The number of anilines is 1. The number of carbonyl (C=O) groups is 2. The minimum atomic E-state index is -5.37. The van der Waals surface area contributed by atoms with Gasteiger partial charge >= 0.3 is 12.1 Å². The highest BCUT2D eigenvalue weighted by molar-refractivity contribution is 6.42. The number of esters is 1. The van der Waals surface area contributed by atoms with E-state index >= 15 is 0 Å². The largest absolute Gasteiger partial charge is 0.495 e. The molecule has 156 valence electrons. The number of hydrogen-bond donors (Lipinski definition) is 2. The molecule has 2 N–H and O–H groups in total. The lowest BCUT2D eigenvalue weighted by Crippen LogP contribution is -2.49. The molecule has 0 fully saturated rings. The number of aliphatic hydroxyl groups is 1. The van der Waals surface area contributed by atoms with Gasteiger partial charge in [0.15, 0.2) is 0 Å². The van der Waals surface area contributed by atoms with Gasteiger partial charge in [-0.1, -0.05) is 29.3 Å². The van der Waals surface area contributed by atoms with Crippen molar-refractivity contribution in [3.05, 3.63) is 57.6 Å². The van der Waals surface area contributed by atoms with Gasteiger partial charge in [-0.15, -0.1) is 0 Å². The molecule has 0 aliphatic carbocycles. The van der Waals surface area contributed by atoms with Crippen molar-refractivity contribution in [3.63, 3.8) is 0 Å². The molecule has 0 spiro atoms. The fraction of sp³-hybridized carbons (Fsp3) is 0.222. The highest BCUT2D eigenvalue weighted by atomic mass is 35.5. The summed E-state index contributed by atoms with van der Waals surface area (Å²) in [5.74, 6) is -2.80. The molecule has 29 heavy (non-hydrogen) atoms. The van der Waals surface area contributed by atoms with Crippen molar-refractivity contribution >= 4 is 40.8 Å². The van der Waals surface area contributed by atoms with Crippen molar-refractivity contribution < 1.29 is 37.3 Å². The Hall–Kier alpha value is -2.49. The number of methoxy groups -OCH3 is 2. The van der Waals surface area contributed by atoms with E-state index in [9.17, 15) is 27.9 Å². The monoisotopic (exact) mass is 451 g/mol. The van der Waals surface area contributed by atoms with E-state index in [1.807, 2.05) is 0 Å². The van der Waals surface area contributed by atoms with Gasteiger partial charge in [-0.25, -0.2) is 4.79 Å². The first-order valence-corrected chi connectivity index (χ1v) is 8.53. The summed E-state index contributed by atoms with van der Waals surface area (Å²) in [7, 11) is 1.85. The van der Waals surface area contributed by atoms with Crippen LogP contribution >= 0.6 is 23.2 Å². The minimum Gasteiger partial charge on any atom is -0.495 e. The summed E-state index contributed by atoms with van der Waals surface area (Å²) in [6, 6.07) is 6.73. The highest BCUT2D eigenvalue weighted by Gasteiger charge is 2.62. The zero-order valence-corrected chi connectivity index (χ0v) is 16.4. The van der Waals surface area contributed by atoms with E-state index in [1.165, 1.54) is 18.2 Å². The van der Waals surface area contributed by atoms with Crippen LogP contribution in [0.25, 0.3) is 0 Å². The normalized spacial score (nSPS) is 13.4. The first-order valence-electron chi connectivity index (χ1n) is 7.78. The summed E-state index contributed by atoms with van der Waals surface area (Å²) in [5, 5.41) is 12.9. The van der Waals surface area contributed by atoms with E-state index in [0.29, 0.717) is 7.11 Å². The number of hydrogen-bond acceptors (Lipinski definition) is 5. The Balaban J connectivity index is 2.43. The average molecular weight is 452 g/mol. The van der Waals surface area contributed by atoms with Gasteiger partial charge in [0.2, 0.25) is 0 Å². The molecule has 0 saturated heterocycles. The molecule has 0 unspecified atom stereocenters. The van der Waals surface area contributed by atoms with Crippen molar-refractivity contribution in [2.75, 3.05) is 19.5 Å². The van der Waals surface area contributed by atoms with Crippen LogP contribution in [0.2, 0.25) is 10.0 Å². The van der Waals surface area contributed by atoms with Crippen LogP contribution in [0.4, 0.5) is 18.9 Å². The van der Waals surface area contributed by atoms with Gasteiger partial charge in [-0.3, -0.25) is 4.79 Å². The molecule has 0 radical (unpaired) electrons. The quantitative estimate of drug-likeness (QED) is 0.666. The highest BCUT2D eigenvalue weighted by Crippen LogP contribution is 2.42. The fourth-order valence-electron chi connectivity index (χ4n) is 2.40. The predicted molar refractivity (Wildman–Crippen MR) is 99.4 cm³/mol. The standard InChI is InChI=1S/C18H14Cl2F3NO5/c1-28-14-8-10(17(27,16(26)29-2)18(21,22)23)4-6-13(14)24-15(25)9-3-5-11(19)12(20)7-9/h3-8,27H,1-2H3,(H,24,25)/t17-/m0/s1. The predicted octanol–water partition coefficient (Wildman–Crippen LogP) is 4.18. The molecule has 0 bridgehead atoms. The molecule has 0 aliphatic heterocycles. The summed E-state index contributed by atoms with van der Waals surface area (Å²) in [5.41, 5.74) is -4.64. The number of benzene rings is 2. The molecule has 0 aromatic heterocycles. The van der Waals surface area contributed by atoms with E-state index in [0.717, 1.165) is 25.3 Å². The van der Waals surface area contributed by atoms with Crippen LogP contribution in [-0.2, 0) is 15.1 Å². The maximum absolute atomic E-state index is 13.4. The Bertz CT molecular complexity index is 952. The topological polar surface area (TPSA) is 84.9 Å². The molecule has 2 aromatic carbocycles. The van der Waals surface area contributed by atoms with Crippen molar-refractivity contribution in [1.29, 1.82) is 0 Å². The van der Waals surface area contributed by atoms with Crippen LogP contribution in [0.3, 0.4) is 0 Å². The zero-order valence-electron chi connectivity index (χ0n) is 14.9. The SMILES string of the molecule is COC(=O)[C@@](O)(c1ccc(NC(=O)c2ccc(Cl)c(Cl)c2)c(OC)c1)C(F)(F)F. The van der Waals surface area contributed by atoms with Crippen LogP contribution in [0, 0.1) is 0 Å². The Labute approximate surface area is 173 Å². The van der Waals surface area contributed by atoms with Crippen molar-refractivity contribution in [1.82, 2.24) is 0 Å². The third-order valence-electron chi connectivity index (χ3n) is 3.94. The van der Waals surface area contributed by atoms with Gasteiger partial charge in [0.05, 0.1) is 30.0 Å². The molecule has 1 amide bonds. The number of rotatable bonds is 5. The molecule has 2 rings (SSSR count). The lowest BCUT2D eigenvalue weighted by atomic mass is 9.92. The number of alkyl halides is 3. The van der Waals surface area contributed by atoms with Gasteiger partial charge in [-0.2, -0.15) is 13.2 Å². The number of carbonyl (C=O) groups excluding carboxylic acids is 2. The summed E-state index contributed by atoms with van der Waals surface area (Å²) in [6.07, 6.45) is -5.37. The maximum atomic E-state index is 13.4. The molecule has 11 heteroatoms. The van der Waals surface area contributed by atoms with Crippen LogP contribution in [0.5, 0.6) is 5.75 Å². The molecule has 0 saturated carbocycles. The number of halogens is 5. The van der Waals surface area contributed by atoms with Gasteiger partial charge in [0, 0.05) is 11.1 Å². The molecule has 0 aliphatic rings. The summed E-state index contributed by atoms with van der Waals surface area (Å²) in [6.45, 7) is 0. The molecular weight excluding hydrogens is 438 g/mol. The van der Waals surface area contributed by atoms with Crippen LogP contribution in [0.15, 0.2) is 36.4 Å². The Morgan fingerprint density at radius 2 is 1.69 bits per heavy atom. The summed E-state index contributed by atoms with van der Waals surface area (Å²) < 4.78 is 49.2. The Kier molecular flexibility index (Phi) is 6.67.